The molecular weight excluding hydrogens is 216 g/mol. The molecule has 0 bridgehead atoms. The van der Waals surface area contributed by atoms with Gasteiger partial charge in [0.05, 0.1) is 5.60 Å². The third-order valence-electron chi connectivity index (χ3n) is 3.62. The second-order valence-corrected chi connectivity index (χ2v) is 4.92. The van der Waals surface area contributed by atoms with Crippen LogP contribution in [0, 0.1) is 0 Å². The van der Waals surface area contributed by atoms with Crippen LogP contribution in [-0.2, 0) is 4.79 Å². The summed E-state index contributed by atoms with van der Waals surface area (Å²) >= 11 is 0. The quantitative estimate of drug-likeness (QED) is 0.658. The van der Waals surface area contributed by atoms with Crippen LogP contribution in [0.2, 0.25) is 0 Å². The van der Waals surface area contributed by atoms with Gasteiger partial charge in [0.15, 0.2) is 0 Å². The van der Waals surface area contributed by atoms with E-state index in [-0.39, 0.29) is 5.91 Å². The predicted molar refractivity (Wildman–Crippen MR) is 68.8 cm³/mol. The number of aliphatic hydroxyl groups is 1. The van der Waals surface area contributed by atoms with Gasteiger partial charge in [-0.05, 0) is 26.7 Å². The Balaban J connectivity index is 2.13. The summed E-state index contributed by atoms with van der Waals surface area (Å²) in [7, 11) is 0. The summed E-state index contributed by atoms with van der Waals surface area (Å²) < 4.78 is 0. The van der Waals surface area contributed by atoms with E-state index in [9.17, 15) is 9.90 Å². The number of hydrogen-bond acceptors (Lipinski definition) is 3. The van der Waals surface area contributed by atoms with Crippen molar-refractivity contribution in [3.8, 4) is 0 Å². The zero-order valence-electron chi connectivity index (χ0n) is 11.2. The van der Waals surface area contributed by atoms with Crippen LogP contribution in [0.3, 0.4) is 0 Å². The average molecular weight is 242 g/mol. The second-order valence-electron chi connectivity index (χ2n) is 4.92. The van der Waals surface area contributed by atoms with Crippen molar-refractivity contribution < 1.29 is 9.90 Å². The molecule has 0 saturated heterocycles. The molecule has 17 heavy (non-hydrogen) atoms. The number of rotatable bonds is 7. The maximum atomic E-state index is 11.7. The minimum atomic E-state index is -0.516. The molecule has 0 aromatic rings. The van der Waals surface area contributed by atoms with Gasteiger partial charge in [0.2, 0.25) is 5.91 Å². The Morgan fingerprint density at radius 3 is 2.41 bits per heavy atom. The number of carbonyl (C=O) groups excluding carboxylic acids is 1. The van der Waals surface area contributed by atoms with E-state index in [1.54, 1.807) is 0 Å². The van der Waals surface area contributed by atoms with Gasteiger partial charge in [-0.3, -0.25) is 4.79 Å². The summed E-state index contributed by atoms with van der Waals surface area (Å²) in [6, 6.07) is 0. The molecule has 4 heteroatoms. The second kappa shape index (κ2) is 6.97. The molecule has 0 heterocycles. The largest absolute Gasteiger partial charge is 0.389 e. The Kier molecular flexibility index (Phi) is 5.92. The molecule has 0 unspecified atom stereocenters. The minimum absolute atomic E-state index is 0.195. The Morgan fingerprint density at radius 1 is 1.29 bits per heavy atom. The highest BCUT2D eigenvalue weighted by molar-refractivity contribution is 5.76. The van der Waals surface area contributed by atoms with Crippen molar-refractivity contribution in [3.05, 3.63) is 0 Å². The van der Waals surface area contributed by atoms with Gasteiger partial charge in [-0.15, -0.1) is 0 Å². The van der Waals surface area contributed by atoms with Gasteiger partial charge in [-0.25, -0.2) is 0 Å². The van der Waals surface area contributed by atoms with Gasteiger partial charge in [0, 0.05) is 32.6 Å². The highest BCUT2D eigenvalue weighted by Gasteiger charge is 2.30. The molecule has 1 aliphatic rings. The van der Waals surface area contributed by atoms with Crippen LogP contribution >= 0.6 is 0 Å². The van der Waals surface area contributed by atoms with Gasteiger partial charge < -0.3 is 15.3 Å². The average Bonchev–Trinajstić information content (AvgIpc) is 2.74. The van der Waals surface area contributed by atoms with Gasteiger partial charge in [-0.1, -0.05) is 12.8 Å². The lowest BCUT2D eigenvalue weighted by atomic mass is 10.0. The molecule has 2 N–H and O–H groups in total. The van der Waals surface area contributed by atoms with Crippen LogP contribution in [0.4, 0.5) is 0 Å². The predicted octanol–water partition coefficient (Wildman–Crippen LogP) is 1.14. The van der Waals surface area contributed by atoms with Crippen molar-refractivity contribution in [1.29, 1.82) is 0 Å². The maximum absolute atomic E-state index is 11.7. The molecule has 0 aromatic heterocycles. The summed E-state index contributed by atoms with van der Waals surface area (Å²) in [5, 5.41) is 13.3. The third kappa shape index (κ3) is 4.64. The van der Waals surface area contributed by atoms with E-state index >= 15 is 0 Å². The number of nitrogens with one attached hydrogen (secondary N) is 1. The Bertz CT molecular complexity index is 234. The zero-order chi connectivity index (χ0) is 12.7. The molecule has 4 nitrogen and oxygen atoms in total. The van der Waals surface area contributed by atoms with Crippen molar-refractivity contribution in [1.82, 2.24) is 10.2 Å². The van der Waals surface area contributed by atoms with Crippen LogP contribution in [0.1, 0.15) is 46.0 Å². The van der Waals surface area contributed by atoms with E-state index < -0.39 is 5.60 Å². The monoisotopic (exact) mass is 242 g/mol. The highest BCUT2D eigenvalue weighted by Crippen LogP contribution is 2.28. The summed E-state index contributed by atoms with van der Waals surface area (Å²) in [6.45, 7) is 6.83. The Morgan fingerprint density at radius 2 is 1.88 bits per heavy atom. The van der Waals surface area contributed by atoms with E-state index in [4.69, 9.17) is 0 Å². The van der Waals surface area contributed by atoms with Crippen LogP contribution < -0.4 is 5.32 Å². The molecule has 1 fully saturated rings. The summed E-state index contributed by atoms with van der Waals surface area (Å²) in [5.41, 5.74) is -0.516. The lowest BCUT2D eigenvalue weighted by Gasteiger charge is -2.23. The van der Waals surface area contributed by atoms with E-state index in [1.807, 2.05) is 18.7 Å². The van der Waals surface area contributed by atoms with Crippen LogP contribution in [0.15, 0.2) is 0 Å². The first kappa shape index (κ1) is 14.5. The summed E-state index contributed by atoms with van der Waals surface area (Å²) in [5.74, 6) is 0.195. The van der Waals surface area contributed by atoms with E-state index in [1.165, 1.54) is 0 Å². The molecule has 1 saturated carbocycles. The number of amides is 1. The molecule has 1 rings (SSSR count). The van der Waals surface area contributed by atoms with Crippen molar-refractivity contribution in [2.24, 2.45) is 0 Å². The van der Waals surface area contributed by atoms with Crippen LogP contribution in [0.5, 0.6) is 0 Å². The van der Waals surface area contributed by atoms with Crippen molar-refractivity contribution in [2.75, 3.05) is 26.2 Å². The third-order valence-corrected chi connectivity index (χ3v) is 3.62. The smallest absolute Gasteiger partial charge is 0.223 e. The fraction of sp³-hybridized carbons (Fsp3) is 0.923. The fourth-order valence-corrected chi connectivity index (χ4v) is 2.46. The highest BCUT2D eigenvalue weighted by atomic mass is 16.3. The van der Waals surface area contributed by atoms with Gasteiger partial charge in [-0.2, -0.15) is 0 Å². The molecule has 0 aromatic carbocycles. The normalized spacial score (nSPS) is 18.3. The number of hydrogen-bond donors (Lipinski definition) is 2. The SMILES string of the molecule is CCN(CC)C(=O)CCNCC1(O)CCCC1. The topological polar surface area (TPSA) is 52.6 Å². The summed E-state index contributed by atoms with van der Waals surface area (Å²) in [6.07, 6.45) is 4.55. The van der Waals surface area contributed by atoms with Crippen molar-refractivity contribution in [3.63, 3.8) is 0 Å². The van der Waals surface area contributed by atoms with E-state index in [0.29, 0.717) is 19.5 Å². The van der Waals surface area contributed by atoms with Gasteiger partial charge >= 0.3 is 0 Å². The number of carbonyl (C=O) groups is 1. The lowest BCUT2D eigenvalue weighted by molar-refractivity contribution is -0.130. The number of nitrogens with zero attached hydrogens (tertiary/aromatic N) is 1. The molecular formula is C13H26N2O2. The molecule has 0 aliphatic heterocycles. The fourth-order valence-electron chi connectivity index (χ4n) is 2.46. The van der Waals surface area contributed by atoms with Crippen LogP contribution in [0.25, 0.3) is 0 Å². The van der Waals surface area contributed by atoms with Crippen LogP contribution in [-0.4, -0.2) is 47.7 Å². The van der Waals surface area contributed by atoms with Gasteiger partial charge in [0.25, 0.3) is 0 Å². The maximum Gasteiger partial charge on any atom is 0.223 e. The molecule has 0 atom stereocenters. The standard InChI is InChI=1S/C13H26N2O2/c1-3-15(4-2)12(16)7-10-14-11-13(17)8-5-6-9-13/h14,17H,3-11H2,1-2H3. The molecule has 0 spiro atoms. The first-order valence-electron chi connectivity index (χ1n) is 6.82. The first-order valence-corrected chi connectivity index (χ1v) is 6.82. The van der Waals surface area contributed by atoms with Crippen molar-refractivity contribution >= 4 is 5.91 Å². The van der Waals surface area contributed by atoms with Gasteiger partial charge in [0.1, 0.15) is 0 Å². The zero-order valence-corrected chi connectivity index (χ0v) is 11.2. The van der Waals surface area contributed by atoms with Crippen molar-refractivity contribution in [2.45, 2.75) is 51.6 Å². The first-order chi connectivity index (χ1) is 8.11. The van der Waals surface area contributed by atoms with E-state index in [2.05, 4.69) is 5.32 Å². The molecule has 0 radical (unpaired) electrons. The Labute approximate surface area is 104 Å². The minimum Gasteiger partial charge on any atom is -0.389 e. The molecule has 100 valence electrons. The Hall–Kier alpha value is -0.610. The summed E-state index contributed by atoms with van der Waals surface area (Å²) in [4.78, 5) is 13.5. The molecule has 1 aliphatic carbocycles. The van der Waals surface area contributed by atoms with E-state index in [0.717, 1.165) is 38.8 Å². The lowest BCUT2D eigenvalue weighted by Crippen LogP contribution is -2.40. The molecule has 1 amide bonds.